The van der Waals surface area contributed by atoms with E-state index < -0.39 is 6.10 Å². The molecule has 2 amide bonds. The van der Waals surface area contributed by atoms with Crippen LogP contribution in [0.1, 0.15) is 19.8 Å². The van der Waals surface area contributed by atoms with Crippen LogP contribution in [0, 0.1) is 5.92 Å². The summed E-state index contributed by atoms with van der Waals surface area (Å²) in [5.74, 6) is 0.800. The first kappa shape index (κ1) is 15.8. The van der Waals surface area contributed by atoms with Gasteiger partial charge in [0.2, 0.25) is 5.91 Å². The fourth-order valence-corrected chi connectivity index (χ4v) is 3.08. The molecular formula is C17H23N3O3. The zero-order valence-corrected chi connectivity index (χ0v) is 13.4. The Balaban J connectivity index is 1.61. The second kappa shape index (κ2) is 7.00. The number of benzene rings is 1. The number of anilines is 1. The summed E-state index contributed by atoms with van der Waals surface area (Å²) in [6.45, 7) is 4.39. The third-order valence-electron chi connectivity index (χ3n) is 4.36. The number of hydrogen-bond acceptors (Lipinski definition) is 4. The largest absolute Gasteiger partial charge is 0.479 e. The van der Waals surface area contributed by atoms with Crippen LogP contribution >= 0.6 is 0 Å². The van der Waals surface area contributed by atoms with Crippen molar-refractivity contribution < 1.29 is 14.3 Å². The number of amides is 2. The van der Waals surface area contributed by atoms with E-state index in [4.69, 9.17) is 4.74 Å². The molecule has 2 heterocycles. The molecule has 2 aliphatic heterocycles. The van der Waals surface area contributed by atoms with Gasteiger partial charge in [0, 0.05) is 6.54 Å². The molecule has 0 bridgehead atoms. The predicted molar refractivity (Wildman–Crippen MR) is 87.5 cm³/mol. The number of para-hydroxylation sites is 2. The van der Waals surface area contributed by atoms with Gasteiger partial charge in [-0.3, -0.25) is 14.5 Å². The highest BCUT2D eigenvalue weighted by Crippen LogP contribution is 2.33. The Hall–Kier alpha value is -2.08. The van der Waals surface area contributed by atoms with Crippen molar-refractivity contribution in [3.63, 3.8) is 0 Å². The lowest BCUT2D eigenvalue weighted by atomic mass is 10.00. The minimum absolute atomic E-state index is 0.0314. The van der Waals surface area contributed by atoms with Crippen LogP contribution < -0.4 is 20.3 Å². The second-order valence-electron chi connectivity index (χ2n) is 6.17. The molecule has 2 N–H and O–H groups in total. The first-order valence-electron chi connectivity index (χ1n) is 8.19. The van der Waals surface area contributed by atoms with E-state index in [0.717, 1.165) is 25.9 Å². The van der Waals surface area contributed by atoms with Crippen molar-refractivity contribution in [2.45, 2.75) is 25.9 Å². The molecule has 2 atom stereocenters. The van der Waals surface area contributed by atoms with E-state index in [1.54, 1.807) is 13.0 Å². The average molecular weight is 317 g/mol. The summed E-state index contributed by atoms with van der Waals surface area (Å²) < 4.78 is 5.58. The number of nitrogens with one attached hydrogen (secondary N) is 2. The van der Waals surface area contributed by atoms with Crippen molar-refractivity contribution in [1.29, 1.82) is 0 Å². The van der Waals surface area contributed by atoms with Crippen molar-refractivity contribution in [3.8, 4) is 5.75 Å². The van der Waals surface area contributed by atoms with Crippen LogP contribution in [-0.4, -0.2) is 44.1 Å². The minimum Gasteiger partial charge on any atom is -0.479 e. The van der Waals surface area contributed by atoms with Crippen LogP contribution in [0.2, 0.25) is 0 Å². The van der Waals surface area contributed by atoms with E-state index in [1.165, 1.54) is 4.90 Å². The fraction of sp³-hybridized carbons (Fsp3) is 0.529. The number of carbonyl (C=O) groups excluding carboxylic acids is 2. The maximum Gasteiger partial charge on any atom is 0.268 e. The normalized spacial score (nSPS) is 23.9. The molecule has 2 unspecified atom stereocenters. The summed E-state index contributed by atoms with van der Waals surface area (Å²) in [7, 11) is 0. The van der Waals surface area contributed by atoms with Gasteiger partial charge in [0.15, 0.2) is 6.10 Å². The van der Waals surface area contributed by atoms with Gasteiger partial charge in [0.25, 0.3) is 5.91 Å². The van der Waals surface area contributed by atoms with Crippen LogP contribution in [0.3, 0.4) is 0 Å². The topological polar surface area (TPSA) is 70.7 Å². The lowest BCUT2D eigenvalue weighted by molar-refractivity contribution is -0.128. The summed E-state index contributed by atoms with van der Waals surface area (Å²) in [4.78, 5) is 26.1. The van der Waals surface area contributed by atoms with E-state index in [0.29, 0.717) is 23.9 Å². The third kappa shape index (κ3) is 3.64. The molecule has 0 aliphatic carbocycles. The maximum atomic E-state index is 12.3. The summed E-state index contributed by atoms with van der Waals surface area (Å²) in [5.41, 5.74) is 0.657. The highest BCUT2D eigenvalue weighted by atomic mass is 16.5. The van der Waals surface area contributed by atoms with Crippen molar-refractivity contribution >= 4 is 17.5 Å². The van der Waals surface area contributed by atoms with E-state index in [2.05, 4.69) is 10.6 Å². The van der Waals surface area contributed by atoms with Crippen molar-refractivity contribution in [1.82, 2.24) is 10.6 Å². The summed E-state index contributed by atoms with van der Waals surface area (Å²) >= 11 is 0. The Morgan fingerprint density at radius 2 is 2.26 bits per heavy atom. The Labute approximate surface area is 136 Å². The average Bonchev–Trinajstić information content (AvgIpc) is 2.58. The zero-order chi connectivity index (χ0) is 16.2. The first-order chi connectivity index (χ1) is 11.1. The fourth-order valence-electron chi connectivity index (χ4n) is 3.08. The third-order valence-corrected chi connectivity index (χ3v) is 4.36. The molecule has 0 radical (unpaired) electrons. The van der Waals surface area contributed by atoms with Crippen LogP contribution in [0.4, 0.5) is 5.69 Å². The molecule has 23 heavy (non-hydrogen) atoms. The lowest BCUT2D eigenvalue weighted by Gasteiger charge is -2.32. The van der Waals surface area contributed by atoms with Gasteiger partial charge in [0.05, 0.1) is 5.69 Å². The van der Waals surface area contributed by atoms with E-state index in [1.807, 2.05) is 18.2 Å². The van der Waals surface area contributed by atoms with Crippen LogP contribution in [0.5, 0.6) is 5.75 Å². The summed E-state index contributed by atoms with van der Waals surface area (Å²) in [6, 6.07) is 7.31. The Morgan fingerprint density at radius 3 is 3.04 bits per heavy atom. The molecule has 1 aromatic rings. The van der Waals surface area contributed by atoms with Gasteiger partial charge in [0.1, 0.15) is 12.3 Å². The monoisotopic (exact) mass is 317 g/mol. The minimum atomic E-state index is -0.569. The van der Waals surface area contributed by atoms with Crippen LogP contribution in [-0.2, 0) is 9.59 Å². The summed E-state index contributed by atoms with van der Waals surface area (Å²) in [6.07, 6.45) is 1.71. The van der Waals surface area contributed by atoms with Crippen molar-refractivity contribution in [2.75, 3.05) is 31.1 Å². The van der Waals surface area contributed by atoms with Gasteiger partial charge in [-0.2, -0.15) is 0 Å². The first-order valence-corrected chi connectivity index (χ1v) is 8.19. The Bertz CT molecular complexity index is 584. The molecule has 124 valence electrons. The highest BCUT2D eigenvalue weighted by molar-refractivity contribution is 6.03. The summed E-state index contributed by atoms with van der Waals surface area (Å²) in [5, 5.41) is 6.29. The van der Waals surface area contributed by atoms with Gasteiger partial charge in [-0.05, 0) is 50.9 Å². The molecule has 1 saturated heterocycles. The van der Waals surface area contributed by atoms with Gasteiger partial charge in [-0.25, -0.2) is 0 Å². The molecule has 3 rings (SSSR count). The quantitative estimate of drug-likeness (QED) is 0.866. The number of ether oxygens (including phenoxy) is 1. The SMILES string of the molecule is CC1Oc2ccccc2N(CC(=O)NCC2CCCNC2)C1=O. The van der Waals surface area contributed by atoms with Gasteiger partial charge >= 0.3 is 0 Å². The van der Waals surface area contributed by atoms with E-state index >= 15 is 0 Å². The molecule has 6 heteroatoms. The molecule has 2 aliphatic rings. The van der Waals surface area contributed by atoms with Gasteiger partial charge < -0.3 is 15.4 Å². The molecular weight excluding hydrogens is 294 g/mol. The number of carbonyl (C=O) groups is 2. The standard InChI is InChI=1S/C17H23N3O3/c1-12-17(22)20(14-6-2-3-7-15(14)23-12)11-16(21)19-10-13-5-4-8-18-9-13/h2-3,6-7,12-13,18H,4-5,8-11H2,1H3,(H,19,21). The molecule has 0 aromatic heterocycles. The number of nitrogens with zero attached hydrogens (tertiary/aromatic N) is 1. The van der Waals surface area contributed by atoms with Crippen molar-refractivity contribution in [2.24, 2.45) is 5.92 Å². The maximum absolute atomic E-state index is 12.3. The lowest BCUT2D eigenvalue weighted by Crippen LogP contribution is -2.49. The van der Waals surface area contributed by atoms with E-state index in [9.17, 15) is 9.59 Å². The second-order valence-corrected chi connectivity index (χ2v) is 6.17. The van der Waals surface area contributed by atoms with Crippen molar-refractivity contribution in [3.05, 3.63) is 24.3 Å². The van der Waals surface area contributed by atoms with Gasteiger partial charge in [-0.1, -0.05) is 12.1 Å². The number of fused-ring (bicyclic) bond motifs is 1. The molecule has 1 aromatic carbocycles. The zero-order valence-electron chi connectivity index (χ0n) is 13.4. The predicted octanol–water partition coefficient (Wildman–Crippen LogP) is 0.916. The van der Waals surface area contributed by atoms with Crippen LogP contribution in [0.25, 0.3) is 0 Å². The number of piperidine rings is 1. The van der Waals surface area contributed by atoms with Gasteiger partial charge in [-0.15, -0.1) is 0 Å². The Morgan fingerprint density at radius 1 is 1.43 bits per heavy atom. The molecule has 0 saturated carbocycles. The highest BCUT2D eigenvalue weighted by Gasteiger charge is 2.32. The molecule has 1 fully saturated rings. The molecule has 0 spiro atoms. The number of rotatable bonds is 4. The van der Waals surface area contributed by atoms with E-state index in [-0.39, 0.29) is 18.4 Å². The van der Waals surface area contributed by atoms with Crippen LogP contribution in [0.15, 0.2) is 24.3 Å². The smallest absolute Gasteiger partial charge is 0.268 e. The Kier molecular flexibility index (Phi) is 4.81. The molecule has 6 nitrogen and oxygen atoms in total. The number of hydrogen-bond donors (Lipinski definition) is 2.